The van der Waals surface area contributed by atoms with Gasteiger partial charge in [0.2, 0.25) is 0 Å². The number of fused-ring (bicyclic) bond motifs is 1. The van der Waals surface area contributed by atoms with Gasteiger partial charge >= 0.3 is 10.1 Å². The van der Waals surface area contributed by atoms with Gasteiger partial charge < -0.3 is 8.92 Å². The van der Waals surface area contributed by atoms with E-state index in [1.54, 1.807) is 23.1 Å². The SMILES string of the molecule is COc1ccc(S(=O)(=O)Oc2ccc(/C=C3\C(=N)N4C(c5ccccc5)=CSC4=NC3=O)cc2)cc1. The average molecular weight is 518 g/mol. The van der Waals surface area contributed by atoms with E-state index in [-0.39, 0.29) is 22.1 Å². The maximum atomic E-state index is 12.7. The minimum Gasteiger partial charge on any atom is -0.497 e. The minimum absolute atomic E-state index is 0.00447. The zero-order valence-corrected chi connectivity index (χ0v) is 20.5. The normalized spacial score (nSPS) is 16.5. The molecular formula is C26H19N3O5S2. The Morgan fingerprint density at radius 1 is 0.944 bits per heavy atom. The van der Waals surface area contributed by atoms with E-state index in [2.05, 4.69) is 4.99 Å². The van der Waals surface area contributed by atoms with Gasteiger partial charge in [-0.1, -0.05) is 54.2 Å². The molecule has 0 aliphatic carbocycles. The predicted molar refractivity (Wildman–Crippen MR) is 139 cm³/mol. The number of methoxy groups -OCH3 is 1. The van der Waals surface area contributed by atoms with Gasteiger partial charge in [0.25, 0.3) is 5.91 Å². The van der Waals surface area contributed by atoms with Crippen molar-refractivity contribution in [3.8, 4) is 11.5 Å². The zero-order chi connectivity index (χ0) is 25.3. The van der Waals surface area contributed by atoms with E-state index in [4.69, 9.17) is 14.3 Å². The fraction of sp³-hybridized carbons (Fsp3) is 0.0385. The molecule has 0 aromatic heterocycles. The van der Waals surface area contributed by atoms with E-state index in [0.29, 0.717) is 16.5 Å². The van der Waals surface area contributed by atoms with Gasteiger partial charge in [-0.25, -0.2) is 0 Å². The number of hydrogen-bond acceptors (Lipinski definition) is 7. The van der Waals surface area contributed by atoms with Crippen molar-refractivity contribution >= 4 is 50.6 Å². The highest BCUT2D eigenvalue weighted by Gasteiger charge is 2.36. The minimum atomic E-state index is -4.03. The van der Waals surface area contributed by atoms with Gasteiger partial charge in [0, 0.05) is 5.41 Å². The number of nitrogens with zero attached hydrogens (tertiary/aromatic N) is 2. The summed E-state index contributed by atoms with van der Waals surface area (Å²) in [6, 6.07) is 21.6. The van der Waals surface area contributed by atoms with Crippen molar-refractivity contribution in [1.82, 2.24) is 4.90 Å². The smallest absolute Gasteiger partial charge is 0.339 e. The number of ether oxygens (including phenoxy) is 1. The van der Waals surface area contributed by atoms with Crippen LogP contribution in [0, 0.1) is 5.41 Å². The maximum Gasteiger partial charge on any atom is 0.339 e. The summed E-state index contributed by atoms with van der Waals surface area (Å²) < 4.78 is 35.4. The molecule has 0 spiro atoms. The van der Waals surface area contributed by atoms with Crippen LogP contribution in [0.15, 0.2) is 99.7 Å². The van der Waals surface area contributed by atoms with Crippen LogP contribution in [0.4, 0.5) is 0 Å². The third-order valence-electron chi connectivity index (χ3n) is 5.43. The van der Waals surface area contributed by atoms with E-state index < -0.39 is 16.0 Å². The number of carbonyl (C=O) groups excluding carboxylic acids is 1. The molecule has 1 N–H and O–H groups in total. The molecule has 8 nitrogen and oxygen atoms in total. The highest BCUT2D eigenvalue weighted by molar-refractivity contribution is 8.17. The van der Waals surface area contributed by atoms with Crippen molar-refractivity contribution in [3.63, 3.8) is 0 Å². The highest BCUT2D eigenvalue weighted by atomic mass is 32.2. The number of aliphatic imine (C=N–C) groups is 1. The zero-order valence-electron chi connectivity index (χ0n) is 18.9. The molecule has 0 unspecified atom stereocenters. The molecule has 0 saturated carbocycles. The third-order valence-corrected chi connectivity index (χ3v) is 7.52. The lowest BCUT2D eigenvalue weighted by molar-refractivity contribution is -0.114. The molecule has 3 aromatic rings. The van der Waals surface area contributed by atoms with E-state index in [1.165, 1.54) is 55.3 Å². The Labute approximate surface area is 212 Å². The van der Waals surface area contributed by atoms with Gasteiger partial charge in [-0.3, -0.25) is 15.1 Å². The number of hydrogen-bond donors (Lipinski definition) is 1. The molecule has 0 radical (unpaired) electrons. The highest BCUT2D eigenvalue weighted by Crippen LogP contribution is 2.37. The Morgan fingerprint density at radius 3 is 2.28 bits per heavy atom. The first-order valence-corrected chi connectivity index (χ1v) is 13.0. The van der Waals surface area contributed by atoms with Gasteiger partial charge in [0.05, 0.1) is 18.4 Å². The summed E-state index contributed by atoms with van der Waals surface area (Å²) >= 11 is 1.30. The molecule has 180 valence electrons. The number of carbonyl (C=O) groups is 1. The summed E-state index contributed by atoms with van der Waals surface area (Å²) in [6.45, 7) is 0. The van der Waals surface area contributed by atoms with Crippen LogP contribution >= 0.6 is 11.8 Å². The van der Waals surface area contributed by atoms with Crippen LogP contribution in [0.5, 0.6) is 11.5 Å². The van der Waals surface area contributed by atoms with Gasteiger partial charge in [0.15, 0.2) is 5.17 Å². The molecule has 2 aliphatic heterocycles. The Kier molecular flexibility index (Phi) is 6.21. The van der Waals surface area contributed by atoms with E-state index >= 15 is 0 Å². The first kappa shape index (κ1) is 23.6. The monoisotopic (exact) mass is 517 g/mol. The summed E-state index contributed by atoms with van der Waals surface area (Å²) in [5.74, 6) is 0.157. The van der Waals surface area contributed by atoms with Crippen LogP contribution in [0.1, 0.15) is 11.1 Å². The van der Waals surface area contributed by atoms with E-state index in [0.717, 1.165) is 11.3 Å². The van der Waals surface area contributed by atoms with E-state index in [1.807, 2.05) is 35.7 Å². The van der Waals surface area contributed by atoms with Crippen molar-refractivity contribution in [2.24, 2.45) is 4.99 Å². The molecule has 5 rings (SSSR count). The van der Waals surface area contributed by atoms with Crippen molar-refractivity contribution in [2.45, 2.75) is 4.90 Å². The lowest BCUT2D eigenvalue weighted by atomic mass is 10.1. The van der Waals surface area contributed by atoms with Gasteiger partial charge in [0.1, 0.15) is 22.2 Å². The van der Waals surface area contributed by atoms with Crippen LogP contribution < -0.4 is 8.92 Å². The Balaban J connectivity index is 1.36. The fourth-order valence-corrected chi connectivity index (χ4v) is 5.44. The molecular weight excluding hydrogens is 498 g/mol. The van der Waals surface area contributed by atoms with Gasteiger partial charge in [-0.05, 0) is 53.6 Å². The quantitative estimate of drug-likeness (QED) is 0.371. The molecule has 1 amide bonds. The first-order valence-electron chi connectivity index (χ1n) is 10.7. The Morgan fingerprint density at radius 2 is 1.61 bits per heavy atom. The largest absolute Gasteiger partial charge is 0.497 e. The molecule has 0 fully saturated rings. The first-order chi connectivity index (χ1) is 17.4. The molecule has 0 atom stereocenters. The molecule has 0 saturated heterocycles. The molecule has 10 heteroatoms. The predicted octanol–water partition coefficient (Wildman–Crippen LogP) is 4.77. The van der Waals surface area contributed by atoms with Crippen molar-refractivity contribution in [2.75, 3.05) is 7.11 Å². The van der Waals surface area contributed by atoms with E-state index in [9.17, 15) is 13.2 Å². The summed E-state index contributed by atoms with van der Waals surface area (Å²) in [6.07, 6.45) is 1.55. The third kappa shape index (κ3) is 4.56. The molecule has 0 bridgehead atoms. The van der Waals surface area contributed by atoms with Crippen LogP contribution in [-0.2, 0) is 14.9 Å². The van der Waals surface area contributed by atoms with Crippen LogP contribution in [0.3, 0.4) is 0 Å². The standard InChI is InChI=1S/C26H19N3O5S2/c1-33-19-11-13-21(14-12-19)36(31,32)34-20-9-7-17(8-10-20)15-22-24(27)29-23(18-5-3-2-4-6-18)16-35-26(29)28-25(22)30/h2-16,27H,1H3/b22-15+,27-24?. The number of benzene rings is 3. The summed E-state index contributed by atoms with van der Waals surface area (Å²) in [7, 11) is -2.54. The second-order valence-corrected chi connectivity index (χ2v) is 10.1. The second-order valence-electron chi connectivity index (χ2n) is 7.71. The van der Waals surface area contributed by atoms with Crippen molar-refractivity contribution in [1.29, 1.82) is 5.41 Å². The van der Waals surface area contributed by atoms with Crippen LogP contribution in [0.25, 0.3) is 11.8 Å². The summed E-state index contributed by atoms with van der Waals surface area (Å²) in [4.78, 5) is 18.5. The fourth-order valence-electron chi connectivity index (χ4n) is 3.62. The van der Waals surface area contributed by atoms with Gasteiger partial charge in [-0.15, -0.1) is 0 Å². The molecule has 2 aliphatic rings. The molecule has 36 heavy (non-hydrogen) atoms. The summed E-state index contributed by atoms with van der Waals surface area (Å²) in [5.41, 5.74) is 2.40. The number of rotatable bonds is 6. The second kappa shape index (κ2) is 9.48. The number of amides is 1. The maximum absolute atomic E-state index is 12.7. The number of thioether (sulfide) groups is 1. The number of amidine groups is 2. The topological polar surface area (TPSA) is 109 Å². The lowest BCUT2D eigenvalue weighted by Gasteiger charge is -2.26. The van der Waals surface area contributed by atoms with Crippen LogP contribution in [0.2, 0.25) is 0 Å². The average Bonchev–Trinajstić information content (AvgIpc) is 3.32. The van der Waals surface area contributed by atoms with Crippen molar-refractivity contribution < 1.29 is 22.1 Å². The van der Waals surface area contributed by atoms with Crippen molar-refractivity contribution in [3.05, 3.63) is 101 Å². The van der Waals surface area contributed by atoms with Crippen LogP contribution in [-0.4, -0.2) is 37.3 Å². The Bertz CT molecular complexity index is 1540. The molecule has 2 heterocycles. The molecule has 3 aromatic carbocycles. The number of nitrogens with one attached hydrogen (secondary N) is 1. The Hall–Kier alpha value is -4.15. The van der Waals surface area contributed by atoms with Gasteiger partial charge in [-0.2, -0.15) is 13.4 Å². The summed E-state index contributed by atoms with van der Waals surface area (Å²) in [5, 5.41) is 11.0. The lowest BCUT2D eigenvalue weighted by Crippen LogP contribution is -2.38.